The number of hydrogen-bond donors (Lipinski definition) is 0. The molecular formula is C20H17FN4O3. The summed E-state index contributed by atoms with van der Waals surface area (Å²) < 4.78 is 18.8. The molecule has 0 spiro atoms. The van der Waals surface area contributed by atoms with Crippen molar-refractivity contribution in [2.75, 3.05) is 24.5 Å². The van der Waals surface area contributed by atoms with E-state index in [0.717, 1.165) is 0 Å². The lowest BCUT2D eigenvalue weighted by Crippen LogP contribution is -2.57. The van der Waals surface area contributed by atoms with Crippen molar-refractivity contribution < 1.29 is 18.7 Å². The van der Waals surface area contributed by atoms with Gasteiger partial charge in [0.05, 0.1) is 30.6 Å². The van der Waals surface area contributed by atoms with E-state index in [9.17, 15) is 14.0 Å². The van der Waals surface area contributed by atoms with Crippen molar-refractivity contribution in [1.82, 2.24) is 9.88 Å². The first-order valence-corrected chi connectivity index (χ1v) is 8.91. The van der Waals surface area contributed by atoms with Gasteiger partial charge in [-0.25, -0.2) is 9.37 Å². The average molecular weight is 380 g/mol. The fourth-order valence-corrected chi connectivity index (χ4v) is 3.41. The highest BCUT2D eigenvalue weighted by Gasteiger charge is 2.41. The maximum atomic E-state index is 13.1. The van der Waals surface area contributed by atoms with Crippen LogP contribution in [0.25, 0.3) is 0 Å². The Morgan fingerprint density at radius 2 is 1.96 bits per heavy atom. The number of rotatable bonds is 4. The summed E-state index contributed by atoms with van der Waals surface area (Å²) in [5.74, 6) is -0.662. The summed E-state index contributed by atoms with van der Waals surface area (Å²) in [6.07, 6.45) is 1.46. The Kier molecular flexibility index (Phi) is 4.65. The summed E-state index contributed by atoms with van der Waals surface area (Å²) in [4.78, 5) is 32.2. The van der Waals surface area contributed by atoms with Crippen molar-refractivity contribution in [3.05, 3.63) is 54.0 Å². The zero-order valence-corrected chi connectivity index (χ0v) is 14.9. The molecule has 2 aliphatic rings. The van der Waals surface area contributed by atoms with E-state index in [1.54, 1.807) is 17.0 Å². The molecule has 28 heavy (non-hydrogen) atoms. The number of pyridine rings is 1. The highest BCUT2D eigenvalue weighted by Crippen LogP contribution is 2.28. The Morgan fingerprint density at radius 3 is 2.68 bits per heavy atom. The molecule has 0 bridgehead atoms. The standard InChI is InChI=1S/C20H17FN4O3/c21-15-1-3-16(4-2-15)25-10-14(8-19(25)26)20(27)24-11-17(12-24)28-18-7-13(9-22)5-6-23-18/h1-7,14,17H,8,10-12H2. The van der Waals surface area contributed by atoms with Crippen molar-refractivity contribution in [2.24, 2.45) is 5.92 Å². The van der Waals surface area contributed by atoms with E-state index in [-0.39, 0.29) is 36.7 Å². The van der Waals surface area contributed by atoms with E-state index in [1.807, 2.05) is 6.07 Å². The van der Waals surface area contributed by atoms with Gasteiger partial charge in [0.1, 0.15) is 11.9 Å². The molecule has 7 nitrogen and oxygen atoms in total. The summed E-state index contributed by atoms with van der Waals surface area (Å²) >= 11 is 0. The zero-order valence-electron chi connectivity index (χ0n) is 14.9. The largest absolute Gasteiger partial charge is 0.471 e. The van der Waals surface area contributed by atoms with Gasteiger partial charge in [0.15, 0.2) is 0 Å². The fourth-order valence-electron chi connectivity index (χ4n) is 3.41. The summed E-state index contributed by atoms with van der Waals surface area (Å²) in [5, 5.41) is 8.91. The zero-order chi connectivity index (χ0) is 19.7. The van der Waals surface area contributed by atoms with Crippen LogP contribution in [0, 0.1) is 23.1 Å². The van der Waals surface area contributed by atoms with E-state index in [2.05, 4.69) is 4.98 Å². The molecule has 1 unspecified atom stereocenters. The summed E-state index contributed by atoms with van der Waals surface area (Å²) in [7, 11) is 0. The summed E-state index contributed by atoms with van der Waals surface area (Å²) in [6.45, 7) is 1.12. The van der Waals surface area contributed by atoms with Crippen LogP contribution in [0.4, 0.5) is 10.1 Å². The molecule has 0 saturated carbocycles. The number of hydrogen-bond acceptors (Lipinski definition) is 5. The number of amides is 2. The molecule has 0 radical (unpaired) electrons. The molecular weight excluding hydrogens is 363 g/mol. The van der Waals surface area contributed by atoms with Crippen LogP contribution in [-0.2, 0) is 9.59 Å². The van der Waals surface area contributed by atoms with Gasteiger partial charge >= 0.3 is 0 Å². The quantitative estimate of drug-likeness (QED) is 0.806. The predicted molar refractivity (Wildman–Crippen MR) is 96.8 cm³/mol. The van der Waals surface area contributed by atoms with Gasteiger partial charge in [-0.1, -0.05) is 0 Å². The minimum absolute atomic E-state index is 0.0865. The Balaban J connectivity index is 1.32. The normalized spacial score (nSPS) is 19.3. The first kappa shape index (κ1) is 17.9. The molecule has 2 fully saturated rings. The van der Waals surface area contributed by atoms with Gasteiger partial charge in [-0.2, -0.15) is 5.26 Å². The van der Waals surface area contributed by atoms with Crippen LogP contribution in [-0.4, -0.2) is 47.4 Å². The molecule has 2 saturated heterocycles. The number of ether oxygens (including phenoxy) is 1. The topological polar surface area (TPSA) is 86.5 Å². The lowest BCUT2D eigenvalue weighted by Gasteiger charge is -2.39. The molecule has 2 amide bonds. The van der Waals surface area contributed by atoms with Gasteiger partial charge in [-0.3, -0.25) is 9.59 Å². The second-order valence-corrected chi connectivity index (χ2v) is 6.86. The van der Waals surface area contributed by atoms with Crippen molar-refractivity contribution >= 4 is 17.5 Å². The minimum Gasteiger partial charge on any atom is -0.471 e. The lowest BCUT2D eigenvalue weighted by molar-refractivity contribution is -0.144. The van der Waals surface area contributed by atoms with Crippen LogP contribution in [0.1, 0.15) is 12.0 Å². The third-order valence-electron chi connectivity index (χ3n) is 4.92. The van der Waals surface area contributed by atoms with Crippen molar-refractivity contribution in [2.45, 2.75) is 12.5 Å². The first-order chi connectivity index (χ1) is 13.5. The number of carbonyl (C=O) groups excluding carboxylic acids is 2. The SMILES string of the molecule is N#Cc1ccnc(OC2CN(C(=O)C3CC(=O)N(c4ccc(F)cc4)C3)C2)c1. The number of aromatic nitrogens is 1. The molecule has 0 aliphatic carbocycles. The van der Waals surface area contributed by atoms with Gasteiger partial charge in [0.25, 0.3) is 0 Å². The van der Waals surface area contributed by atoms with Crippen LogP contribution in [0.3, 0.4) is 0 Å². The van der Waals surface area contributed by atoms with Crippen molar-refractivity contribution in [1.29, 1.82) is 5.26 Å². The first-order valence-electron chi connectivity index (χ1n) is 8.91. The number of anilines is 1. The predicted octanol–water partition coefficient (Wildman–Crippen LogP) is 1.74. The number of nitriles is 1. The summed E-state index contributed by atoms with van der Waals surface area (Å²) in [5.41, 5.74) is 1.05. The maximum Gasteiger partial charge on any atom is 0.228 e. The molecule has 1 aromatic heterocycles. The molecule has 4 rings (SSSR count). The number of nitrogens with zero attached hydrogens (tertiary/aromatic N) is 4. The number of carbonyl (C=O) groups is 2. The monoisotopic (exact) mass is 380 g/mol. The smallest absolute Gasteiger partial charge is 0.228 e. The molecule has 2 aliphatic heterocycles. The van der Waals surface area contributed by atoms with Crippen LogP contribution < -0.4 is 9.64 Å². The third-order valence-corrected chi connectivity index (χ3v) is 4.92. The molecule has 3 heterocycles. The Labute approximate surface area is 160 Å². The summed E-state index contributed by atoms with van der Waals surface area (Å²) in [6, 6.07) is 10.8. The van der Waals surface area contributed by atoms with E-state index in [0.29, 0.717) is 30.2 Å². The van der Waals surface area contributed by atoms with Crippen molar-refractivity contribution in [3.63, 3.8) is 0 Å². The Morgan fingerprint density at radius 1 is 1.21 bits per heavy atom. The highest BCUT2D eigenvalue weighted by atomic mass is 19.1. The second kappa shape index (κ2) is 7.27. The molecule has 1 atom stereocenters. The number of halogens is 1. The van der Waals surface area contributed by atoms with E-state index >= 15 is 0 Å². The maximum absolute atomic E-state index is 13.1. The Bertz CT molecular complexity index is 951. The van der Waals surface area contributed by atoms with E-state index < -0.39 is 5.92 Å². The van der Waals surface area contributed by atoms with Gasteiger partial charge in [-0.05, 0) is 30.3 Å². The van der Waals surface area contributed by atoms with Gasteiger partial charge < -0.3 is 14.5 Å². The van der Waals surface area contributed by atoms with Crippen LogP contribution in [0.15, 0.2) is 42.6 Å². The molecule has 2 aromatic rings. The fraction of sp³-hybridized carbons (Fsp3) is 0.300. The van der Waals surface area contributed by atoms with Gasteiger partial charge in [-0.15, -0.1) is 0 Å². The second-order valence-electron chi connectivity index (χ2n) is 6.86. The Hall–Kier alpha value is -3.47. The van der Waals surface area contributed by atoms with Crippen LogP contribution in [0.2, 0.25) is 0 Å². The molecule has 8 heteroatoms. The molecule has 142 valence electrons. The third kappa shape index (κ3) is 3.51. The van der Waals surface area contributed by atoms with Crippen LogP contribution in [0.5, 0.6) is 5.88 Å². The lowest BCUT2D eigenvalue weighted by atomic mass is 10.0. The molecule has 1 aromatic carbocycles. The van der Waals surface area contributed by atoms with Crippen molar-refractivity contribution in [3.8, 4) is 11.9 Å². The van der Waals surface area contributed by atoms with E-state index in [1.165, 1.54) is 35.4 Å². The number of benzene rings is 1. The highest BCUT2D eigenvalue weighted by molar-refractivity contribution is 6.00. The van der Waals surface area contributed by atoms with Crippen LogP contribution >= 0.6 is 0 Å². The minimum atomic E-state index is -0.418. The number of likely N-dealkylation sites (tertiary alicyclic amines) is 1. The van der Waals surface area contributed by atoms with E-state index in [4.69, 9.17) is 10.00 Å². The van der Waals surface area contributed by atoms with Gasteiger partial charge in [0.2, 0.25) is 17.7 Å². The molecule has 0 N–H and O–H groups in total. The average Bonchev–Trinajstić information content (AvgIpc) is 3.06. The van der Waals surface area contributed by atoms with Gasteiger partial charge in [0, 0.05) is 30.9 Å².